The summed E-state index contributed by atoms with van der Waals surface area (Å²) in [6, 6.07) is 14.6. The molecule has 2 aromatic carbocycles. The van der Waals surface area contributed by atoms with Crippen molar-refractivity contribution in [3.8, 4) is 11.3 Å². The van der Waals surface area contributed by atoms with Crippen LogP contribution in [0.3, 0.4) is 0 Å². The molecule has 1 unspecified atom stereocenters. The fourth-order valence-corrected chi connectivity index (χ4v) is 3.69. The highest BCUT2D eigenvalue weighted by atomic mass is 35.5. The van der Waals surface area contributed by atoms with Gasteiger partial charge in [-0.2, -0.15) is 0 Å². The fraction of sp³-hybridized carbons (Fsp3) is 0.167. The second-order valence-electron chi connectivity index (χ2n) is 7.60. The number of ether oxygens (including phenoxy) is 1. The molecule has 2 N–H and O–H groups in total. The maximum atomic E-state index is 12.6. The molecule has 0 aliphatic rings. The van der Waals surface area contributed by atoms with E-state index in [-0.39, 0.29) is 5.69 Å². The number of carbonyl (C=O) groups excluding carboxylic acids is 1. The molecule has 9 nitrogen and oxygen atoms in total. The molecule has 0 aliphatic carbocycles. The number of aromatic carboxylic acids is 1. The first-order chi connectivity index (χ1) is 16.3. The predicted molar refractivity (Wildman–Crippen MR) is 125 cm³/mol. The number of aryl methyl sites for hydroxylation is 1. The van der Waals surface area contributed by atoms with Gasteiger partial charge in [0.1, 0.15) is 17.5 Å². The highest BCUT2D eigenvalue weighted by Gasteiger charge is 2.20. The van der Waals surface area contributed by atoms with Crippen molar-refractivity contribution in [3.63, 3.8) is 0 Å². The highest BCUT2D eigenvalue weighted by molar-refractivity contribution is 6.31. The second kappa shape index (κ2) is 9.80. The van der Waals surface area contributed by atoms with Crippen LogP contribution in [0.2, 0.25) is 5.02 Å². The van der Waals surface area contributed by atoms with Crippen LogP contribution >= 0.6 is 11.6 Å². The van der Waals surface area contributed by atoms with Gasteiger partial charge in [-0.15, -0.1) is 0 Å². The first-order valence-corrected chi connectivity index (χ1v) is 10.7. The number of benzene rings is 2. The summed E-state index contributed by atoms with van der Waals surface area (Å²) in [6.45, 7) is 3.90. The number of amides is 1. The molecule has 0 aliphatic heterocycles. The molecule has 0 spiro atoms. The Morgan fingerprint density at radius 1 is 1.21 bits per heavy atom. The molecule has 1 atom stereocenters. The van der Waals surface area contributed by atoms with Gasteiger partial charge in [0, 0.05) is 28.9 Å². The molecule has 0 saturated heterocycles. The van der Waals surface area contributed by atoms with Crippen LogP contribution in [-0.4, -0.2) is 31.9 Å². The SMILES string of the molecule is Cc1noc(-c2ccc(Cn3cnc(C(=O)O)c3)cc2)c1NC(=O)OC(C)c1ccccc1Cl. The van der Waals surface area contributed by atoms with Crippen molar-refractivity contribution < 1.29 is 24.0 Å². The average Bonchev–Trinajstić information content (AvgIpc) is 3.42. The maximum absolute atomic E-state index is 12.6. The van der Waals surface area contributed by atoms with Gasteiger partial charge in [-0.1, -0.05) is 59.2 Å². The van der Waals surface area contributed by atoms with Gasteiger partial charge in [0.2, 0.25) is 0 Å². The normalized spacial score (nSPS) is 11.7. The topological polar surface area (TPSA) is 119 Å². The van der Waals surface area contributed by atoms with Crippen LogP contribution in [0.25, 0.3) is 11.3 Å². The Hall–Kier alpha value is -4.11. The number of rotatable bonds is 7. The summed E-state index contributed by atoms with van der Waals surface area (Å²) in [4.78, 5) is 27.4. The Kier molecular flexibility index (Phi) is 6.65. The molecule has 34 heavy (non-hydrogen) atoms. The monoisotopic (exact) mass is 480 g/mol. The van der Waals surface area contributed by atoms with Crippen molar-refractivity contribution in [1.29, 1.82) is 0 Å². The number of carboxylic acids is 1. The predicted octanol–water partition coefficient (Wildman–Crippen LogP) is 5.56. The van der Waals surface area contributed by atoms with Crippen LogP contribution in [0.5, 0.6) is 0 Å². The largest absolute Gasteiger partial charge is 0.476 e. The van der Waals surface area contributed by atoms with Crippen molar-refractivity contribution in [2.45, 2.75) is 26.5 Å². The van der Waals surface area contributed by atoms with Crippen LogP contribution in [0.1, 0.15) is 40.3 Å². The maximum Gasteiger partial charge on any atom is 0.412 e. The van der Waals surface area contributed by atoms with E-state index in [1.165, 1.54) is 12.5 Å². The molecule has 10 heteroatoms. The number of anilines is 1. The standard InChI is InChI=1S/C24H21ClN4O5/c1-14-21(27-24(32)33-15(2)18-5-3-4-6-19(18)25)22(34-28-14)17-9-7-16(8-10-17)11-29-12-20(23(30)31)26-13-29/h3-10,12-13,15H,11H2,1-2H3,(H,27,32)(H,30,31). The zero-order chi connectivity index (χ0) is 24.2. The second-order valence-corrected chi connectivity index (χ2v) is 8.01. The number of carbonyl (C=O) groups is 2. The molecule has 1 amide bonds. The summed E-state index contributed by atoms with van der Waals surface area (Å²) < 4.78 is 12.6. The van der Waals surface area contributed by atoms with Gasteiger partial charge in [-0.05, 0) is 25.5 Å². The van der Waals surface area contributed by atoms with Gasteiger partial charge in [-0.3, -0.25) is 5.32 Å². The van der Waals surface area contributed by atoms with E-state index >= 15 is 0 Å². The smallest absolute Gasteiger partial charge is 0.412 e. The Morgan fingerprint density at radius 2 is 1.94 bits per heavy atom. The van der Waals surface area contributed by atoms with E-state index in [9.17, 15) is 9.59 Å². The van der Waals surface area contributed by atoms with E-state index in [0.717, 1.165) is 5.56 Å². The summed E-state index contributed by atoms with van der Waals surface area (Å²) >= 11 is 6.19. The van der Waals surface area contributed by atoms with Gasteiger partial charge in [0.15, 0.2) is 11.5 Å². The molecule has 2 heterocycles. The van der Waals surface area contributed by atoms with Crippen LogP contribution in [0.15, 0.2) is 65.6 Å². The van der Waals surface area contributed by atoms with Crippen LogP contribution in [0.4, 0.5) is 10.5 Å². The minimum atomic E-state index is -1.07. The van der Waals surface area contributed by atoms with Crippen LogP contribution < -0.4 is 5.32 Å². The van der Waals surface area contributed by atoms with Crippen LogP contribution in [-0.2, 0) is 11.3 Å². The number of nitrogens with zero attached hydrogens (tertiary/aromatic N) is 3. The van der Waals surface area contributed by atoms with E-state index in [1.54, 1.807) is 36.6 Å². The molecule has 0 bridgehead atoms. The Bertz CT molecular complexity index is 1330. The van der Waals surface area contributed by atoms with Crippen molar-refractivity contribution in [3.05, 3.63) is 88.6 Å². The molecule has 4 rings (SSSR count). The summed E-state index contributed by atoms with van der Waals surface area (Å²) in [5.41, 5.74) is 3.23. The Labute approximate surface area is 199 Å². The van der Waals surface area contributed by atoms with Gasteiger partial charge in [0.05, 0.1) is 6.33 Å². The third kappa shape index (κ3) is 5.10. The van der Waals surface area contributed by atoms with Crippen molar-refractivity contribution >= 4 is 29.4 Å². The fourth-order valence-electron chi connectivity index (χ4n) is 3.40. The average molecular weight is 481 g/mol. The van der Waals surface area contributed by atoms with E-state index in [4.69, 9.17) is 26.0 Å². The van der Waals surface area contributed by atoms with E-state index in [1.807, 2.05) is 30.3 Å². The number of carboxylic acid groups (broad SMARTS) is 1. The summed E-state index contributed by atoms with van der Waals surface area (Å²) in [7, 11) is 0. The van der Waals surface area contributed by atoms with Crippen LogP contribution in [0, 0.1) is 6.92 Å². The lowest BCUT2D eigenvalue weighted by molar-refractivity contribution is 0.0690. The Morgan fingerprint density at radius 3 is 2.62 bits per heavy atom. The number of aromatic nitrogens is 3. The van der Waals surface area contributed by atoms with E-state index < -0.39 is 18.2 Å². The lowest BCUT2D eigenvalue weighted by Gasteiger charge is -2.15. The number of nitrogens with one attached hydrogen (secondary N) is 1. The van der Waals surface area contributed by atoms with Gasteiger partial charge in [-0.25, -0.2) is 14.6 Å². The molecule has 0 radical (unpaired) electrons. The quantitative estimate of drug-likeness (QED) is 0.355. The van der Waals surface area contributed by atoms with Crippen molar-refractivity contribution in [1.82, 2.24) is 14.7 Å². The number of hydrogen-bond acceptors (Lipinski definition) is 6. The third-order valence-corrected chi connectivity index (χ3v) is 5.49. The summed E-state index contributed by atoms with van der Waals surface area (Å²) in [5.74, 6) is -0.684. The zero-order valence-electron chi connectivity index (χ0n) is 18.4. The molecule has 174 valence electrons. The summed E-state index contributed by atoms with van der Waals surface area (Å²) in [5, 5.41) is 16.2. The minimum Gasteiger partial charge on any atom is -0.476 e. The van der Waals surface area contributed by atoms with E-state index in [0.29, 0.717) is 39.8 Å². The first-order valence-electron chi connectivity index (χ1n) is 10.3. The van der Waals surface area contributed by atoms with E-state index in [2.05, 4.69) is 15.5 Å². The number of hydrogen-bond donors (Lipinski definition) is 2. The molecule has 0 saturated carbocycles. The molecular formula is C24H21ClN4O5. The lowest BCUT2D eigenvalue weighted by atomic mass is 10.1. The molecule has 2 aromatic heterocycles. The number of imidazole rings is 1. The van der Waals surface area contributed by atoms with Crippen molar-refractivity contribution in [2.75, 3.05) is 5.32 Å². The third-order valence-electron chi connectivity index (χ3n) is 5.15. The zero-order valence-corrected chi connectivity index (χ0v) is 19.1. The van der Waals surface area contributed by atoms with Gasteiger partial charge in [0.25, 0.3) is 0 Å². The number of halogens is 1. The lowest BCUT2D eigenvalue weighted by Crippen LogP contribution is -2.17. The van der Waals surface area contributed by atoms with Gasteiger partial charge >= 0.3 is 12.1 Å². The molecule has 4 aromatic rings. The van der Waals surface area contributed by atoms with Crippen molar-refractivity contribution in [2.24, 2.45) is 0 Å². The molecular weight excluding hydrogens is 460 g/mol. The highest BCUT2D eigenvalue weighted by Crippen LogP contribution is 2.32. The molecule has 0 fully saturated rings. The van der Waals surface area contributed by atoms with Gasteiger partial charge < -0.3 is 18.9 Å². The minimum absolute atomic E-state index is 0.0137. The summed E-state index contributed by atoms with van der Waals surface area (Å²) in [6.07, 6.45) is 1.72. The Balaban J connectivity index is 1.46. The first kappa shape index (κ1) is 23.1.